The van der Waals surface area contributed by atoms with Crippen LogP contribution in [-0.4, -0.2) is 43.6 Å². The van der Waals surface area contributed by atoms with Crippen LogP contribution in [0.3, 0.4) is 0 Å². The molecule has 140 valence electrons. The summed E-state index contributed by atoms with van der Waals surface area (Å²) in [6.07, 6.45) is 0.840. The van der Waals surface area contributed by atoms with E-state index < -0.39 is 0 Å². The van der Waals surface area contributed by atoms with Gasteiger partial charge >= 0.3 is 0 Å². The second kappa shape index (κ2) is 10.6. The summed E-state index contributed by atoms with van der Waals surface area (Å²) in [6.45, 7) is 12.1. The number of amides is 1. The monoisotopic (exact) mass is 348 g/mol. The molecule has 1 aromatic rings. The van der Waals surface area contributed by atoms with Crippen LogP contribution in [0.5, 0.6) is 5.75 Å². The first-order valence-electron chi connectivity index (χ1n) is 8.83. The molecule has 0 heterocycles. The molecular formula is C19H32N4O2. The van der Waals surface area contributed by atoms with Gasteiger partial charge < -0.3 is 20.7 Å². The maximum atomic E-state index is 11.8. The van der Waals surface area contributed by atoms with Crippen LogP contribution in [0.4, 0.5) is 0 Å². The number of benzene rings is 1. The van der Waals surface area contributed by atoms with Crippen LogP contribution in [0.2, 0.25) is 0 Å². The molecule has 0 radical (unpaired) electrons. The van der Waals surface area contributed by atoms with Crippen molar-refractivity contribution in [3.05, 3.63) is 29.8 Å². The van der Waals surface area contributed by atoms with Gasteiger partial charge in [-0.1, -0.05) is 18.2 Å². The molecule has 6 heteroatoms. The Balaban J connectivity index is 2.33. The molecule has 1 rings (SSSR count). The van der Waals surface area contributed by atoms with Gasteiger partial charge in [0.25, 0.3) is 0 Å². The Kier molecular flexibility index (Phi) is 8.81. The zero-order valence-corrected chi connectivity index (χ0v) is 16.1. The number of hydrogen-bond acceptors (Lipinski definition) is 3. The van der Waals surface area contributed by atoms with E-state index in [1.807, 2.05) is 58.9 Å². The van der Waals surface area contributed by atoms with E-state index >= 15 is 0 Å². The molecule has 0 aromatic heterocycles. The zero-order valence-electron chi connectivity index (χ0n) is 16.1. The molecule has 0 aliphatic rings. The summed E-state index contributed by atoms with van der Waals surface area (Å²) in [5.74, 6) is 1.47. The van der Waals surface area contributed by atoms with Gasteiger partial charge in [-0.25, -0.2) is 4.99 Å². The molecule has 6 nitrogen and oxygen atoms in total. The number of ether oxygens (including phenoxy) is 1. The predicted octanol–water partition coefficient (Wildman–Crippen LogP) is 2.23. The molecular weight excluding hydrogens is 316 g/mol. The molecule has 0 saturated carbocycles. The highest BCUT2D eigenvalue weighted by molar-refractivity contribution is 5.85. The number of hydrogen-bond donors (Lipinski definition) is 3. The van der Waals surface area contributed by atoms with Gasteiger partial charge in [-0.05, 0) is 52.7 Å². The van der Waals surface area contributed by atoms with Gasteiger partial charge in [0.15, 0.2) is 5.96 Å². The number of nitrogens with zero attached hydrogens (tertiary/aromatic N) is 1. The molecule has 0 atom stereocenters. The molecule has 1 aromatic carbocycles. The fourth-order valence-electron chi connectivity index (χ4n) is 2.13. The quantitative estimate of drug-likeness (QED) is 0.383. The van der Waals surface area contributed by atoms with Crippen LogP contribution in [0.15, 0.2) is 29.3 Å². The average molecular weight is 348 g/mol. The second-order valence-electron chi connectivity index (χ2n) is 6.89. The maximum absolute atomic E-state index is 11.8. The molecule has 25 heavy (non-hydrogen) atoms. The third-order valence-electron chi connectivity index (χ3n) is 3.20. The van der Waals surface area contributed by atoms with E-state index in [-0.39, 0.29) is 18.0 Å². The molecule has 0 spiro atoms. The van der Waals surface area contributed by atoms with Gasteiger partial charge in [-0.3, -0.25) is 4.79 Å². The van der Waals surface area contributed by atoms with Crippen molar-refractivity contribution in [2.75, 3.05) is 26.2 Å². The first-order chi connectivity index (χ1) is 11.8. The molecule has 0 aliphatic carbocycles. The van der Waals surface area contributed by atoms with Crippen molar-refractivity contribution in [3.63, 3.8) is 0 Å². The molecule has 3 N–H and O–H groups in total. The maximum Gasteiger partial charge on any atom is 0.242 e. The minimum Gasteiger partial charge on any atom is -0.493 e. The van der Waals surface area contributed by atoms with E-state index in [9.17, 15) is 4.79 Å². The van der Waals surface area contributed by atoms with Crippen molar-refractivity contribution >= 4 is 11.9 Å². The zero-order chi connectivity index (χ0) is 18.7. The Labute approximate surface area is 151 Å². The summed E-state index contributed by atoms with van der Waals surface area (Å²) in [6, 6.07) is 7.98. The first-order valence-corrected chi connectivity index (χ1v) is 8.83. The highest BCUT2D eigenvalue weighted by Gasteiger charge is 2.13. The standard InChI is InChI=1S/C19H32N4O2/c1-6-20-18(22-14-17(24)23-19(3,4)5)21-12-9-13-25-16-11-8-7-10-15(16)2/h7-8,10-11H,6,9,12-14H2,1-5H3,(H,23,24)(H2,20,21,22). The lowest BCUT2D eigenvalue weighted by atomic mass is 10.1. The number of carbonyl (C=O) groups is 1. The third-order valence-corrected chi connectivity index (χ3v) is 3.20. The topological polar surface area (TPSA) is 74.8 Å². The molecule has 1 amide bonds. The number of aliphatic imine (C=N–C) groups is 1. The number of nitrogens with one attached hydrogen (secondary N) is 3. The number of para-hydroxylation sites is 1. The van der Waals surface area contributed by atoms with Gasteiger partial charge in [0, 0.05) is 18.6 Å². The van der Waals surface area contributed by atoms with Crippen molar-refractivity contribution in [1.29, 1.82) is 0 Å². The Morgan fingerprint density at radius 1 is 1.20 bits per heavy atom. The van der Waals surface area contributed by atoms with Crippen LogP contribution in [-0.2, 0) is 4.79 Å². The van der Waals surface area contributed by atoms with E-state index in [2.05, 4.69) is 20.9 Å². The van der Waals surface area contributed by atoms with Gasteiger partial charge in [0.1, 0.15) is 12.3 Å². The number of rotatable bonds is 8. The van der Waals surface area contributed by atoms with Crippen LogP contribution < -0.4 is 20.7 Å². The average Bonchev–Trinajstić information content (AvgIpc) is 2.52. The minimum absolute atomic E-state index is 0.0902. The summed E-state index contributed by atoms with van der Waals surface area (Å²) in [5, 5.41) is 9.25. The van der Waals surface area contributed by atoms with Crippen molar-refractivity contribution in [3.8, 4) is 5.75 Å². The summed E-state index contributed by atoms with van der Waals surface area (Å²) in [4.78, 5) is 16.1. The molecule has 0 aliphatic heterocycles. The van der Waals surface area contributed by atoms with Crippen LogP contribution in [0, 0.1) is 6.92 Å². The van der Waals surface area contributed by atoms with Crippen LogP contribution in [0.1, 0.15) is 39.7 Å². The summed E-state index contributed by atoms with van der Waals surface area (Å²) >= 11 is 0. The molecule has 0 unspecified atom stereocenters. The van der Waals surface area contributed by atoms with Gasteiger partial charge in [0.2, 0.25) is 5.91 Å². The SMILES string of the molecule is CCNC(=NCC(=O)NC(C)(C)C)NCCCOc1ccccc1C. The Hall–Kier alpha value is -2.24. The lowest BCUT2D eigenvalue weighted by molar-refractivity contribution is -0.121. The largest absolute Gasteiger partial charge is 0.493 e. The number of guanidine groups is 1. The third kappa shape index (κ3) is 9.59. The van der Waals surface area contributed by atoms with Crippen molar-refractivity contribution in [2.24, 2.45) is 4.99 Å². The smallest absolute Gasteiger partial charge is 0.242 e. The minimum atomic E-state index is -0.245. The van der Waals surface area contributed by atoms with Crippen molar-refractivity contribution in [2.45, 2.75) is 46.6 Å². The lowest BCUT2D eigenvalue weighted by Crippen LogP contribution is -2.43. The van der Waals surface area contributed by atoms with Gasteiger partial charge in [-0.2, -0.15) is 0 Å². The van der Waals surface area contributed by atoms with Crippen molar-refractivity contribution in [1.82, 2.24) is 16.0 Å². The Morgan fingerprint density at radius 2 is 1.92 bits per heavy atom. The second-order valence-corrected chi connectivity index (χ2v) is 6.89. The molecule has 0 bridgehead atoms. The fourth-order valence-corrected chi connectivity index (χ4v) is 2.13. The van der Waals surface area contributed by atoms with Gasteiger partial charge in [-0.15, -0.1) is 0 Å². The summed E-state index contributed by atoms with van der Waals surface area (Å²) in [5.41, 5.74) is 0.890. The Morgan fingerprint density at radius 3 is 2.56 bits per heavy atom. The van der Waals surface area contributed by atoms with E-state index in [1.54, 1.807) is 0 Å². The van der Waals surface area contributed by atoms with Gasteiger partial charge in [0.05, 0.1) is 6.61 Å². The fraction of sp³-hybridized carbons (Fsp3) is 0.579. The van der Waals surface area contributed by atoms with Crippen LogP contribution >= 0.6 is 0 Å². The highest BCUT2D eigenvalue weighted by atomic mass is 16.5. The van der Waals surface area contributed by atoms with E-state index in [1.165, 1.54) is 0 Å². The lowest BCUT2D eigenvalue weighted by Gasteiger charge is -2.20. The summed E-state index contributed by atoms with van der Waals surface area (Å²) < 4.78 is 5.77. The summed E-state index contributed by atoms with van der Waals surface area (Å²) in [7, 11) is 0. The highest BCUT2D eigenvalue weighted by Crippen LogP contribution is 2.15. The van der Waals surface area contributed by atoms with Crippen molar-refractivity contribution < 1.29 is 9.53 Å². The molecule has 0 saturated heterocycles. The van der Waals surface area contributed by atoms with E-state index in [4.69, 9.17) is 4.74 Å². The predicted molar refractivity (Wildman–Crippen MR) is 103 cm³/mol. The van der Waals surface area contributed by atoms with E-state index in [0.717, 1.165) is 30.8 Å². The first kappa shape index (κ1) is 20.8. The Bertz CT molecular complexity index is 565. The number of aryl methyl sites for hydroxylation is 1. The number of carbonyl (C=O) groups excluding carboxylic acids is 1. The van der Waals surface area contributed by atoms with Crippen LogP contribution in [0.25, 0.3) is 0 Å². The molecule has 0 fully saturated rings. The van der Waals surface area contributed by atoms with E-state index in [0.29, 0.717) is 12.6 Å². The normalized spacial score (nSPS) is 11.8.